The zero-order valence-electron chi connectivity index (χ0n) is 18.7. The molecule has 1 fully saturated rings. The van der Waals surface area contributed by atoms with Crippen molar-refractivity contribution in [3.8, 4) is 17.2 Å². The highest BCUT2D eigenvalue weighted by atomic mass is 16.5. The van der Waals surface area contributed by atoms with Gasteiger partial charge < -0.3 is 24.0 Å². The number of likely N-dealkylation sites (tertiary alicyclic amines) is 1. The number of carbonyl (C=O) groups is 1. The Labute approximate surface area is 184 Å². The molecule has 1 unspecified atom stereocenters. The van der Waals surface area contributed by atoms with Gasteiger partial charge in [0.2, 0.25) is 0 Å². The highest BCUT2D eigenvalue weighted by Gasteiger charge is 2.32. The first kappa shape index (κ1) is 21.5. The molecule has 0 N–H and O–H groups in total. The topological polar surface area (TPSA) is 51.2 Å². The summed E-state index contributed by atoms with van der Waals surface area (Å²) in [6.45, 7) is 4.68. The Bertz CT molecular complexity index is 912. The number of fused-ring (bicyclic) bond motifs is 1. The van der Waals surface area contributed by atoms with Gasteiger partial charge in [-0.25, -0.2) is 0 Å². The normalized spacial score (nSPS) is 18.7. The highest BCUT2D eigenvalue weighted by molar-refractivity contribution is 5.99. The molecule has 2 aliphatic heterocycles. The van der Waals surface area contributed by atoms with Crippen molar-refractivity contribution in [1.82, 2.24) is 9.80 Å². The lowest BCUT2D eigenvalue weighted by molar-refractivity contribution is 0.0703. The molecule has 2 aromatic carbocycles. The van der Waals surface area contributed by atoms with Gasteiger partial charge >= 0.3 is 0 Å². The largest absolute Gasteiger partial charge is 0.497 e. The van der Waals surface area contributed by atoms with Crippen molar-refractivity contribution >= 4 is 5.91 Å². The standard InChI is InChI=1S/C25H32N2O4/c1-29-21-8-6-18(7-9-21)10-12-26-11-4-5-19(15-26)16-27-17-20-13-23(30-2)24(31-3)14-22(20)25(27)28/h6-9,13-14,19H,4-5,10-12,15-17H2,1-3H3. The van der Waals surface area contributed by atoms with E-state index in [0.29, 0.717) is 24.0 Å². The van der Waals surface area contributed by atoms with Gasteiger partial charge in [-0.1, -0.05) is 12.1 Å². The molecule has 0 aromatic heterocycles. The van der Waals surface area contributed by atoms with Crippen LogP contribution in [0, 0.1) is 5.92 Å². The number of piperidine rings is 1. The van der Waals surface area contributed by atoms with Gasteiger partial charge in [-0.2, -0.15) is 0 Å². The molecular weight excluding hydrogens is 392 g/mol. The van der Waals surface area contributed by atoms with Crippen LogP contribution >= 0.6 is 0 Å². The third-order valence-corrected chi connectivity index (χ3v) is 6.45. The third kappa shape index (κ3) is 4.79. The zero-order chi connectivity index (χ0) is 21.8. The quantitative estimate of drug-likeness (QED) is 0.648. The summed E-state index contributed by atoms with van der Waals surface area (Å²) in [6.07, 6.45) is 3.39. The summed E-state index contributed by atoms with van der Waals surface area (Å²) in [5, 5.41) is 0. The van der Waals surface area contributed by atoms with Gasteiger partial charge in [-0.05, 0) is 67.1 Å². The lowest BCUT2D eigenvalue weighted by Crippen LogP contribution is -2.41. The summed E-state index contributed by atoms with van der Waals surface area (Å²) in [6, 6.07) is 12.1. The van der Waals surface area contributed by atoms with Crippen molar-refractivity contribution in [3.63, 3.8) is 0 Å². The molecule has 6 heteroatoms. The molecule has 0 saturated carbocycles. The number of nitrogens with zero attached hydrogens (tertiary/aromatic N) is 2. The average Bonchev–Trinajstić information content (AvgIpc) is 3.11. The van der Waals surface area contributed by atoms with Crippen molar-refractivity contribution in [2.75, 3.05) is 47.5 Å². The van der Waals surface area contributed by atoms with Gasteiger partial charge in [0.1, 0.15) is 5.75 Å². The molecule has 0 aliphatic carbocycles. The number of rotatable bonds is 8. The van der Waals surface area contributed by atoms with Crippen LogP contribution in [0.5, 0.6) is 17.2 Å². The molecular formula is C25H32N2O4. The Kier molecular flexibility index (Phi) is 6.66. The summed E-state index contributed by atoms with van der Waals surface area (Å²) in [5.41, 5.74) is 3.09. The fourth-order valence-electron chi connectivity index (χ4n) is 4.74. The molecule has 2 heterocycles. The zero-order valence-corrected chi connectivity index (χ0v) is 18.7. The second-order valence-corrected chi connectivity index (χ2v) is 8.46. The van der Waals surface area contributed by atoms with Crippen LogP contribution in [0.3, 0.4) is 0 Å². The van der Waals surface area contributed by atoms with Crippen LogP contribution in [0.25, 0.3) is 0 Å². The van der Waals surface area contributed by atoms with Crippen molar-refractivity contribution in [1.29, 1.82) is 0 Å². The summed E-state index contributed by atoms with van der Waals surface area (Å²) >= 11 is 0. The average molecular weight is 425 g/mol. The Morgan fingerprint density at radius 2 is 1.74 bits per heavy atom. The van der Waals surface area contributed by atoms with E-state index in [9.17, 15) is 4.79 Å². The van der Waals surface area contributed by atoms with Gasteiger partial charge in [0.15, 0.2) is 11.5 Å². The molecule has 2 aliphatic rings. The van der Waals surface area contributed by atoms with Crippen molar-refractivity contribution in [2.45, 2.75) is 25.8 Å². The molecule has 0 spiro atoms. The lowest BCUT2D eigenvalue weighted by Gasteiger charge is -2.34. The Hall–Kier alpha value is -2.73. The number of methoxy groups -OCH3 is 3. The first-order chi connectivity index (χ1) is 15.1. The molecule has 4 rings (SSSR count). The predicted octanol–water partition coefficient (Wildman–Crippen LogP) is 3.62. The van der Waals surface area contributed by atoms with Gasteiger partial charge in [0.25, 0.3) is 5.91 Å². The van der Waals surface area contributed by atoms with Crippen LogP contribution < -0.4 is 14.2 Å². The van der Waals surface area contributed by atoms with Crippen LogP contribution in [0.4, 0.5) is 0 Å². The Morgan fingerprint density at radius 3 is 2.45 bits per heavy atom. The number of carbonyl (C=O) groups excluding carboxylic acids is 1. The number of hydrogen-bond acceptors (Lipinski definition) is 5. The second kappa shape index (κ2) is 9.60. The third-order valence-electron chi connectivity index (χ3n) is 6.45. The number of amides is 1. The first-order valence-corrected chi connectivity index (χ1v) is 11.0. The molecule has 166 valence electrons. The van der Waals surface area contributed by atoms with Crippen molar-refractivity contribution < 1.29 is 19.0 Å². The highest BCUT2D eigenvalue weighted by Crippen LogP contribution is 2.35. The SMILES string of the molecule is COc1ccc(CCN2CCCC(CN3Cc4cc(OC)c(OC)cc4C3=O)C2)cc1. The first-order valence-electron chi connectivity index (χ1n) is 11.0. The van der Waals surface area contributed by atoms with Crippen LogP contribution in [0.2, 0.25) is 0 Å². The van der Waals surface area contributed by atoms with E-state index in [-0.39, 0.29) is 5.91 Å². The Morgan fingerprint density at radius 1 is 1.00 bits per heavy atom. The van der Waals surface area contributed by atoms with Gasteiger partial charge in [0.05, 0.1) is 21.3 Å². The number of benzene rings is 2. The fourth-order valence-corrected chi connectivity index (χ4v) is 4.74. The fraction of sp³-hybridized carbons (Fsp3) is 0.480. The van der Waals surface area contributed by atoms with E-state index in [4.69, 9.17) is 14.2 Å². The smallest absolute Gasteiger partial charge is 0.254 e. The van der Waals surface area contributed by atoms with Gasteiger partial charge in [-0.3, -0.25) is 4.79 Å². The van der Waals surface area contributed by atoms with Gasteiger partial charge in [0, 0.05) is 31.7 Å². The summed E-state index contributed by atoms with van der Waals surface area (Å²) in [4.78, 5) is 17.5. The molecule has 31 heavy (non-hydrogen) atoms. The van der Waals surface area contributed by atoms with E-state index in [0.717, 1.165) is 49.5 Å². The maximum absolute atomic E-state index is 13.0. The van der Waals surface area contributed by atoms with E-state index in [1.165, 1.54) is 18.4 Å². The van der Waals surface area contributed by atoms with Crippen LogP contribution in [-0.2, 0) is 13.0 Å². The van der Waals surface area contributed by atoms with E-state index in [1.54, 1.807) is 21.3 Å². The van der Waals surface area contributed by atoms with E-state index >= 15 is 0 Å². The van der Waals surface area contributed by atoms with Crippen molar-refractivity contribution in [2.24, 2.45) is 5.92 Å². The number of ether oxygens (including phenoxy) is 3. The molecule has 6 nitrogen and oxygen atoms in total. The summed E-state index contributed by atoms with van der Waals surface area (Å²) in [7, 11) is 4.92. The summed E-state index contributed by atoms with van der Waals surface area (Å²) in [5.74, 6) is 2.79. The van der Waals surface area contributed by atoms with Gasteiger partial charge in [-0.15, -0.1) is 0 Å². The monoisotopic (exact) mass is 424 g/mol. The van der Waals surface area contributed by atoms with E-state index < -0.39 is 0 Å². The maximum Gasteiger partial charge on any atom is 0.254 e. The van der Waals surface area contributed by atoms with Crippen LogP contribution in [0.1, 0.15) is 34.3 Å². The van der Waals surface area contributed by atoms with Crippen LogP contribution in [-0.4, -0.2) is 63.2 Å². The van der Waals surface area contributed by atoms with Crippen molar-refractivity contribution in [3.05, 3.63) is 53.1 Å². The van der Waals surface area contributed by atoms with E-state index in [1.807, 2.05) is 29.2 Å². The van der Waals surface area contributed by atoms with E-state index in [2.05, 4.69) is 17.0 Å². The molecule has 1 amide bonds. The molecule has 0 radical (unpaired) electrons. The predicted molar refractivity (Wildman–Crippen MR) is 120 cm³/mol. The molecule has 1 atom stereocenters. The minimum absolute atomic E-state index is 0.103. The lowest BCUT2D eigenvalue weighted by atomic mass is 9.97. The maximum atomic E-state index is 13.0. The minimum Gasteiger partial charge on any atom is -0.497 e. The molecule has 1 saturated heterocycles. The molecule has 2 aromatic rings. The summed E-state index contributed by atoms with van der Waals surface area (Å²) < 4.78 is 16.0. The number of hydrogen-bond donors (Lipinski definition) is 0. The van der Waals surface area contributed by atoms with Crippen LogP contribution in [0.15, 0.2) is 36.4 Å². The second-order valence-electron chi connectivity index (χ2n) is 8.46. The molecule has 0 bridgehead atoms. The Balaban J connectivity index is 1.33. The minimum atomic E-state index is 0.103.